The van der Waals surface area contributed by atoms with Gasteiger partial charge in [-0.1, -0.05) is 13.8 Å². The summed E-state index contributed by atoms with van der Waals surface area (Å²) in [5, 5.41) is 25.5. The molecule has 0 aliphatic rings. The molecule has 0 radical (unpaired) electrons. The van der Waals surface area contributed by atoms with Crippen molar-refractivity contribution in [2.24, 2.45) is 17.4 Å². The number of aliphatic hydroxyl groups excluding tert-OH is 1. The van der Waals surface area contributed by atoms with E-state index in [2.05, 4.69) is 16.0 Å². The summed E-state index contributed by atoms with van der Waals surface area (Å²) in [4.78, 5) is 58.6. The second-order valence-electron chi connectivity index (χ2n) is 7.14. The topological polar surface area (TPSA) is 214 Å². The monoisotopic (exact) mass is 417 g/mol. The molecular formula is C17H31N5O7. The molecule has 0 aromatic heterocycles. The van der Waals surface area contributed by atoms with Crippen molar-refractivity contribution >= 4 is 29.6 Å². The smallest absolute Gasteiger partial charge is 0.328 e. The van der Waals surface area contributed by atoms with Crippen LogP contribution in [0.15, 0.2) is 0 Å². The molecule has 9 N–H and O–H groups in total. The molecule has 0 heterocycles. The first-order valence-corrected chi connectivity index (χ1v) is 9.13. The lowest BCUT2D eigenvalue weighted by molar-refractivity contribution is -0.145. The number of primary amides is 1. The second-order valence-corrected chi connectivity index (χ2v) is 7.14. The normalized spacial score (nSPS) is 16.1. The van der Waals surface area contributed by atoms with E-state index in [4.69, 9.17) is 16.6 Å². The van der Waals surface area contributed by atoms with E-state index in [9.17, 15) is 29.1 Å². The molecule has 12 heteroatoms. The Labute approximate surface area is 168 Å². The number of rotatable bonds is 12. The Bertz CT molecular complexity index is 623. The van der Waals surface area contributed by atoms with Crippen LogP contribution in [0.5, 0.6) is 0 Å². The Morgan fingerprint density at radius 3 is 1.79 bits per heavy atom. The van der Waals surface area contributed by atoms with Crippen molar-refractivity contribution < 1.29 is 34.2 Å². The van der Waals surface area contributed by atoms with Gasteiger partial charge in [0, 0.05) is 6.42 Å². The number of carbonyl (C=O) groups excluding carboxylic acids is 4. The fourth-order valence-electron chi connectivity index (χ4n) is 2.26. The van der Waals surface area contributed by atoms with Crippen LogP contribution >= 0.6 is 0 Å². The van der Waals surface area contributed by atoms with Gasteiger partial charge in [0.1, 0.15) is 12.1 Å². The van der Waals surface area contributed by atoms with Crippen LogP contribution in [0.2, 0.25) is 0 Å². The largest absolute Gasteiger partial charge is 0.480 e. The van der Waals surface area contributed by atoms with Gasteiger partial charge < -0.3 is 37.6 Å². The zero-order chi connectivity index (χ0) is 22.9. The molecule has 5 unspecified atom stereocenters. The zero-order valence-corrected chi connectivity index (χ0v) is 17.0. The van der Waals surface area contributed by atoms with Crippen LogP contribution in [0, 0.1) is 5.92 Å². The summed E-state index contributed by atoms with van der Waals surface area (Å²) in [6.07, 6.45) is -1.42. The Balaban J connectivity index is 4.96. The minimum absolute atomic E-state index is 0.0163. The lowest BCUT2D eigenvalue weighted by Gasteiger charge is -2.26. The van der Waals surface area contributed by atoms with E-state index in [1.807, 2.05) is 0 Å². The van der Waals surface area contributed by atoms with Crippen LogP contribution in [0.3, 0.4) is 0 Å². The summed E-state index contributed by atoms with van der Waals surface area (Å²) in [5.74, 6) is -4.60. The second kappa shape index (κ2) is 12.0. The van der Waals surface area contributed by atoms with Crippen LogP contribution < -0.4 is 27.4 Å². The summed E-state index contributed by atoms with van der Waals surface area (Å²) in [6, 6.07) is -4.74. The van der Waals surface area contributed by atoms with Crippen LogP contribution in [0.25, 0.3) is 0 Å². The van der Waals surface area contributed by atoms with Crippen LogP contribution in [0.4, 0.5) is 0 Å². The van der Waals surface area contributed by atoms with Gasteiger partial charge in [0.15, 0.2) is 6.04 Å². The third kappa shape index (κ3) is 9.34. The quantitative estimate of drug-likeness (QED) is 0.175. The van der Waals surface area contributed by atoms with E-state index in [-0.39, 0.29) is 12.8 Å². The van der Waals surface area contributed by atoms with E-state index in [0.717, 1.165) is 0 Å². The number of carbonyl (C=O) groups is 5. The first-order chi connectivity index (χ1) is 13.3. The van der Waals surface area contributed by atoms with Gasteiger partial charge in [-0.25, -0.2) is 4.79 Å². The van der Waals surface area contributed by atoms with E-state index >= 15 is 0 Å². The molecule has 0 aliphatic heterocycles. The molecule has 0 aromatic rings. The molecule has 166 valence electrons. The van der Waals surface area contributed by atoms with Gasteiger partial charge in [-0.3, -0.25) is 19.2 Å². The Morgan fingerprint density at radius 2 is 1.38 bits per heavy atom. The number of nitrogens with two attached hydrogens (primary N) is 2. The molecule has 0 aliphatic carbocycles. The lowest BCUT2D eigenvalue weighted by Crippen LogP contribution is -2.59. The molecule has 0 rings (SSSR count). The Hall–Kier alpha value is -2.73. The fraction of sp³-hybridized carbons (Fsp3) is 0.706. The van der Waals surface area contributed by atoms with Crippen molar-refractivity contribution in [3.05, 3.63) is 0 Å². The predicted molar refractivity (Wildman–Crippen MR) is 102 cm³/mol. The highest BCUT2D eigenvalue weighted by molar-refractivity contribution is 5.94. The summed E-state index contributed by atoms with van der Waals surface area (Å²) >= 11 is 0. The van der Waals surface area contributed by atoms with Crippen molar-refractivity contribution in [3.63, 3.8) is 0 Å². The van der Waals surface area contributed by atoms with E-state index in [1.165, 1.54) is 13.8 Å². The SMILES string of the molecule is CC(NC(=O)C(N)CCC(N)=O)C(=O)NC(C(=O)NC(C(=O)O)C(C)O)C(C)C. The first kappa shape index (κ1) is 26.3. The van der Waals surface area contributed by atoms with Gasteiger partial charge in [0.2, 0.25) is 23.6 Å². The van der Waals surface area contributed by atoms with E-state index in [1.54, 1.807) is 13.8 Å². The minimum Gasteiger partial charge on any atom is -0.480 e. The van der Waals surface area contributed by atoms with Gasteiger partial charge in [-0.05, 0) is 26.2 Å². The lowest BCUT2D eigenvalue weighted by atomic mass is 10.0. The fourth-order valence-corrected chi connectivity index (χ4v) is 2.26. The molecule has 4 amide bonds. The molecule has 29 heavy (non-hydrogen) atoms. The number of carboxylic acid groups (broad SMARTS) is 1. The van der Waals surface area contributed by atoms with Gasteiger partial charge >= 0.3 is 5.97 Å². The molecule has 0 aromatic carbocycles. The van der Waals surface area contributed by atoms with Crippen molar-refractivity contribution in [2.45, 2.75) is 70.8 Å². The summed E-state index contributed by atoms with van der Waals surface area (Å²) in [6.45, 7) is 5.84. The highest BCUT2D eigenvalue weighted by Gasteiger charge is 2.32. The summed E-state index contributed by atoms with van der Waals surface area (Å²) < 4.78 is 0. The minimum atomic E-state index is -1.54. The van der Waals surface area contributed by atoms with Crippen LogP contribution in [-0.2, 0) is 24.0 Å². The molecule has 0 bridgehead atoms. The Kier molecular flexibility index (Phi) is 10.8. The van der Waals surface area contributed by atoms with Gasteiger partial charge in [0.25, 0.3) is 0 Å². The van der Waals surface area contributed by atoms with Gasteiger partial charge in [0.05, 0.1) is 12.1 Å². The summed E-state index contributed by atoms with van der Waals surface area (Å²) in [5.41, 5.74) is 10.6. The highest BCUT2D eigenvalue weighted by Crippen LogP contribution is 2.05. The average molecular weight is 417 g/mol. The molecular weight excluding hydrogens is 386 g/mol. The number of hydrogen-bond acceptors (Lipinski definition) is 7. The molecule has 12 nitrogen and oxygen atoms in total. The van der Waals surface area contributed by atoms with Gasteiger partial charge in [-0.2, -0.15) is 0 Å². The number of nitrogens with one attached hydrogen (secondary N) is 3. The number of hydrogen-bond donors (Lipinski definition) is 7. The first-order valence-electron chi connectivity index (χ1n) is 9.13. The van der Waals surface area contributed by atoms with Crippen LogP contribution in [0.1, 0.15) is 40.5 Å². The third-order valence-corrected chi connectivity index (χ3v) is 4.08. The molecule has 0 saturated heterocycles. The number of aliphatic hydroxyl groups is 1. The third-order valence-electron chi connectivity index (χ3n) is 4.08. The molecule has 5 atom stereocenters. The van der Waals surface area contributed by atoms with Crippen molar-refractivity contribution in [2.75, 3.05) is 0 Å². The number of aliphatic carboxylic acids is 1. The zero-order valence-electron chi connectivity index (χ0n) is 17.0. The highest BCUT2D eigenvalue weighted by atomic mass is 16.4. The van der Waals surface area contributed by atoms with Crippen molar-refractivity contribution in [3.8, 4) is 0 Å². The maximum absolute atomic E-state index is 12.4. The average Bonchev–Trinajstić information content (AvgIpc) is 2.60. The molecule has 0 spiro atoms. The predicted octanol–water partition coefficient (Wildman–Crippen LogP) is -2.83. The van der Waals surface area contributed by atoms with E-state index < -0.39 is 65.8 Å². The molecule has 0 saturated carbocycles. The van der Waals surface area contributed by atoms with Gasteiger partial charge in [-0.15, -0.1) is 0 Å². The standard InChI is InChI=1S/C17H31N5O7/c1-7(2)12(16(27)22-13(9(4)23)17(28)29)21-14(25)8(3)20-15(26)10(18)5-6-11(19)24/h7-10,12-13,23H,5-6,18H2,1-4H3,(H2,19,24)(H,20,26)(H,21,25)(H,22,27)(H,28,29). The van der Waals surface area contributed by atoms with Crippen LogP contribution in [-0.4, -0.2) is 70.1 Å². The van der Waals surface area contributed by atoms with Crippen molar-refractivity contribution in [1.82, 2.24) is 16.0 Å². The Morgan fingerprint density at radius 1 is 0.862 bits per heavy atom. The summed E-state index contributed by atoms with van der Waals surface area (Å²) in [7, 11) is 0. The maximum atomic E-state index is 12.4. The molecule has 0 fully saturated rings. The van der Waals surface area contributed by atoms with E-state index in [0.29, 0.717) is 0 Å². The maximum Gasteiger partial charge on any atom is 0.328 e. The number of amides is 4. The number of carboxylic acids is 1. The van der Waals surface area contributed by atoms with Crippen molar-refractivity contribution in [1.29, 1.82) is 0 Å².